The molecule has 4 aromatic rings. The van der Waals surface area contributed by atoms with Crippen LogP contribution < -0.4 is 0 Å². The molecule has 0 fully saturated rings. The van der Waals surface area contributed by atoms with Crippen molar-refractivity contribution in [3.05, 3.63) is 101 Å². The summed E-state index contributed by atoms with van der Waals surface area (Å²) in [6.07, 6.45) is 3.93. The lowest BCUT2D eigenvalue weighted by Gasteiger charge is -2.11. The first-order chi connectivity index (χ1) is 12.7. The lowest BCUT2D eigenvalue weighted by molar-refractivity contribution is 0.788. The maximum atomic E-state index is 4.76. The summed E-state index contributed by atoms with van der Waals surface area (Å²) in [6.45, 7) is 5.33. The van der Waals surface area contributed by atoms with E-state index in [4.69, 9.17) is 4.98 Å². The Kier molecular flexibility index (Phi) is 5.98. The van der Waals surface area contributed by atoms with E-state index in [1.54, 1.807) is 0 Å². The van der Waals surface area contributed by atoms with Crippen LogP contribution in [0.15, 0.2) is 72.9 Å². The SMILES string of the molecule is Cc1c(C)n(Cc2ccccc2)c2c(CCc3ccccc3)nccc12.Cl. The second kappa shape index (κ2) is 8.41. The van der Waals surface area contributed by atoms with Crippen molar-refractivity contribution in [2.24, 2.45) is 0 Å². The number of pyridine rings is 1. The van der Waals surface area contributed by atoms with E-state index in [0.29, 0.717) is 0 Å². The standard InChI is InChI=1S/C24H24N2.ClH/c1-18-19(2)26(17-21-11-7-4-8-12-21)24-22(18)15-16-25-23(24)14-13-20-9-5-3-6-10-20;/h3-12,15-16H,13-14,17H2,1-2H3;1H. The summed E-state index contributed by atoms with van der Waals surface area (Å²) in [7, 11) is 0. The molecule has 0 N–H and O–H groups in total. The Labute approximate surface area is 167 Å². The molecular formula is C24H25ClN2. The number of nitrogens with zero attached hydrogens (tertiary/aromatic N) is 2. The molecule has 0 amide bonds. The third-order valence-corrected chi connectivity index (χ3v) is 5.30. The first-order valence-corrected chi connectivity index (χ1v) is 9.25. The van der Waals surface area contributed by atoms with Crippen molar-refractivity contribution in [3.8, 4) is 0 Å². The molecule has 0 aliphatic heterocycles. The Morgan fingerprint density at radius 3 is 2.07 bits per heavy atom. The van der Waals surface area contributed by atoms with Gasteiger partial charge in [0.2, 0.25) is 0 Å². The number of benzene rings is 2. The largest absolute Gasteiger partial charge is 0.339 e. The van der Waals surface area contributed by atoms with E-state index < -0.39 is 0 Å². The van der Waals surface area contributed by atoms with Crippen LogP contribution in [0, 0.1) is 13.8 Å². The highest BCUT2D eigenvalue weighted by Gasteiger charge is 2.15. The van der Waals surface area contributed by atoms with Crippen molar-refractivity contribution >= 4 is 23.3 Å². The predicted octanol–water partition coefficient (Wildman–Crippen LogP) is 5.91. The van der Waals surface area contributed by atoms with Crippen LogP contribution >= 0.6 is 12.4 Å². The van der Waals surface area contributed by atoms with Gasteiger partial charge in [0, 0.05) is 23.8 Å². The Morgan fingerprint density at radius 2 is 1.41 bits per heavy atom. The Bertz CT molecular complexity index is 1020. The van der Waals surface area contributed by atoms with E-state index in [1.165, 1.54) is 39.0 Å². The lowest BCUT2D eigenvalue weighted by atomic mass is 10.1. The average Bonchev–Trinajstić information content (AvgIpc) is 2.93. The summed E-state index contributed by atoms with van der Waals surface area (Å²) < 4.78 is 2.44. The van der Waals surface area contributed by atoms with E-state index in [1.807, 2.05) is 6.20 Å². The van der Waals surface area contributed by atoms with Crippen molar-refractivity contribution in [2.75, 3.05) is 0 Å². The second-order valence-corrected chi connectivity index (χ2v) is 6.92. The number of hydrogen-bond donors (Lipinski definition) is 0. The van der Waals surface area contributed by atoms with Gasteiger partial charge >= 0.3 is 0 Å². The Balaban J connectivity index is 0.00000210. The quantitative estimate of drug-likeness (QED) is 0.423. The molecule has 27 heavy (non-hydrogen) atoms. The van der Waals surface area contributed by atoms with Gasteiger partial charge in [0.05, 0.1) is 11.2 Å². The van der Waals surface area contributed by atoms with Crippen LogP contribution in [0.5, 0.6) is 0 Å². The van der Waals surface area contributed by atoms with Gasteiger partial charge in [0.1, 0.15) is 0 Å². The minimum Gasteiger partial charge on any atom is -0.339 e. The van der Waals surface area contributed by atoms with E-state index >= 15 is 0 Å². The highest BCUT2D eigenvalue weighted by Crippen LogP contribution is 2.28. The number of halogens is 1. The maximum Gasteiger partial charge on any atom is 0.0707 e. The van der Waals surface area contributed by atoms with Crippen molar-refractivity contribution in [1.82, 2.24) is 9.55 Å². The molecule has 138 valence electrons. The lowest BCUT2D eigenvalue weighted by Crippen LogP contribution is -2.05. The molecular weight excluding hydrogens is 352 g/mol. The maximum absolute atomic E-state index is 4.76. The molecule has 0 aliphatic rings. The molecule has 0 atom stereocenters. The molecule has 0 saturated carbocycles. The smallest absolute Gasteiger partial charge is 0.0707 e. The summed E-state index contributed by atoms with van der Waals surface area (Å²) >= 11 is 0. The van der Waals surface area contributed by atoms with Crippen LogP contribution in [0.2, 0.25) is 0 Å². The number of aryl methyl sites for hydroxylation is 3. The van der Waals surface area contributed by atoms with Gasteiger partial charge in [-0.1, -0.05) is 60.7 Å². The summed E-state index contributed by atoms with van der Waals surface area (Å²) in [4.78, 5) is 4.76. The fourth-order valence-electron chi connectivity index (χ4n) is 3.72. The first kappa shape index (κ1) is 19.2. The molecule has 0 saturated heterocycles. The fourth-order valence-corrected chi connectivity index (χ4v) is 3.72. The van der Waals surface area contributed by atoms with Gasteiger partial charge in [0.25, 0.3) is 0 Å². The minimum absolute atomic E-state index is 0. The highest BCUT2D eigenvalue weighted by molar-refractivity contribution is 5.87. The molecule has 0 bridgehead atoms. The third-order valence-electron chi connectivity index (χ3n) is 5.30. The van der Waals surface area contributed by atoms with Crippen molar-refractivity contribution in [1.29, 1.82) is 0 Å². The minimum atomic E-state index is 0. The molecule has 2 aromatic heterocycles. The Morgan fingerprint density at radius 1 is 0.778 bits per heavy atom. The van der Waals surface area contributed by atoms with Gasteiger partial charge in [-0.25, -0.2) is 0 Å². The first-order valence-electron chi connectivity index (χ1n) is 9.25. The molecule has 0 spiro atoms. The van der Waals surface area contributed by atoms with Crippen LogP contribution in [0.25, 0.3) is 10.9 Å². The Hall–Kier alpha value is -2.58. The van der Waals surface area contributed by atoms with Crippen LogP contribution in [0.4, 0.5) is 0 Å². The van der Waals surface area contributed by atoms with E-state index in [0.717, 1.165) is 19.4 Å². The summed E-state index contributed by atoms with van der Waals surface area (Å²) in [5.74, 6) is 0. The van der Waals surface area contributed by atoms with Gasteiger partial charge in [-0.3, -0.25) is 4.98 Å². The monoisotopic (exact) mass is 376 g/mol. The normalized spacial score (nSPS) is 10.7. The van der Waals surface area contributed by atoms with E-state index in [-0.39, 0.29) is 12.4 Å². The zero-order valence-electron chi connectivity index (χ0n) is 15.9. The molecule has 2 aromatic carbocycles. The van der Waals surface area contributed by atoms with E-state index in [9.17, 15) is 0 Å². The van der Waals surface area contributed by atoms with Crippen LogP contribution in [0.3, 0.4) is 0 Å². The van der Waals surface area contributed by atoms with Crippen molar-refractivity contribution in [2.45, 2.75) is 33.2 Å². The van der Waals surface area contributed by atoms with Gasteiger partial charge in [-0.05, 0) is 49.4 Å². The van der Waals surface area contributed by atoms with Crippen LogP contribution in [0.1, 0.15) is 28.1 Å². The van der Waals surface area contributed by atoms with Crippen LogP contribution in [-0.2, 0) is 19.4 Å². The summed E-state index contributed by atoms with van der Waals surface area (Å²) in [6, 6.07) is 23.5. The summed E-state index contributed by atoms with van der Waals surface area (Å²) in [5.41, 5.74) is 7.86. The topological polar surface area (TPSA) is 17.8 Å². The third kappa shape index (κ3) is 3.91. The van der Waals surface area contributed by atoms with Gasteiger partial charge in [-0.2, -0.15) is 0 Å². The zero-order valence-corrected chi connectivity index (χ0v) is 16.7. The van der Waals surface area contributed by atoms with Crippen molar-refractivity contribution < 1.29 is 0 Å². The molecule has 3 heteroatoms. The van der Waals surface area contributed by atoms with E-state index in [2.05, 4.69) is 85.1 Å². The average molecular weight is 377 g/mol. The molecule has 0 aliphatic carbocycles. The van der Waals surface area contributed by atoms with Gasteiger partial charge < -0.3 is 4.57 Å². The molecule has 4 rings (SSSR count). The second-order valence-electron chi connectivity index (χ2n) is 6.92. The van der Waals surface area contributed by atoms with Gasteiger partial charge in [-0.15, -0.1) is 12.4 Å². The number of rotatable bonds is 5. The molecule has 2 nitrogen and oxygen atoms in total. The van der Waals surface area contributed by atoms with Crippen molar-refractivity contribution in [3.63, 3.8) is 0 Å². The number of fused-ring (bicyclic) bond motifs is 1. The number of aromatic nitrogens is 2. The zero-order chi connectivity index (χ0) is 17.9. The molecule has 2 heterocycles. The highest BCUT2D eigenvalue weighted by atomic mass is 35.5. The summed E-state index contributed by atoms with van der Waals surface area (Å²) in [5, 5.41) is 1.33. The molecule has 0 radical (unpaired) electrons. The van der Waals surface area contributed by atoms with Gasteiger partial charge in [0.15, 0.2) is 0 Å². The molecule has 0 unspecified atom stereocenters. The predicted molar refractivity (Wildman–Crippen MR) is 116 cm³/mol. The fraction of sp³-hybridized carbons (Fsp3) is 0.208. The number of hydrogen-bond acceptors (Lipinski definition) is 1. The van der Waals surface area contributed by atoms with Crippen LogP contribution in [-0.4, -0.2) is 9.55 Å².